The molecule has 21 heavy (non-hydrogen) atoms. The largest absolute Gasteiger partial charge is 0.492 e. The van der Waals surface area contributed by atoms with Gasteiger partial charge in [-0.3, -0.25) is 4.90 Å². The van der Waals surface area contributed by atoms with Crippen molar-refractivity contribution >= 4 is 12.0 Å². The SMILES string of the molecule is COC(=O)/C=C/c1ccc(OCCN2CCOCC2)cc1. The lowest BCUT2D eigenvalue weighted by atomic mass is 10.2. The number of morpholine rings is 1. The van der Waals surface area contributed by atoms with Gasteiger partial charge < -0.3 is 14.2 Å². The number of rotatable bonds is 6. The van der Waals surface area contributed by atoms with Gasteiger partial charge in [0.25, 0.3) is 0 Å². The van der Waals surface area contributed by atoms with Gasteiger partial charge in [0.1, 0.15) is 12.4 Å². The van der Waals surface area contributed by atoms with Crippen molar-refractivity contribution in [3.8, 4) is 5.75 Å². The molecule has 5 heteroatoms. The van der Waals surface area contributed by atoms with Gasteiger partial charge in [-0.05, 0) is 23.8 Å². The summed E-state index contributed by atoms with van der Waals surface area (Å²) in [6.45, 7) is 5.13. The van der Waals surface area contributed by atoms with Gasteiger partial charge >= 0.3 is 5.97 Å². The van der Waals surface area contributed by atoms with Gasteiger partial charge in [0.15, 0.2) is 0 Å². The molecule has 1 aromatic rings. The van der Waals surface area contributed by atoms with Crippen molar-refractivity contribution in [2.45, 2.75) is 0 Å². The van der Waals surface area contributed by atoms with Crippen LogP contribution < -0.4 is 4.74 Å². The Balaban J connectivity index is 1.74. The molecular formula is C16H21NO4. The second-order valence-electron chi connectivity index (χ2n) is 4.73. The van der Waals surface area contributed by atoms with Gasteiger partial charge in [-0.2, -0.15) is 0 Å². The molecule has 1 aliphatic heterocycles. The number of ether oxygens (including phenoxy) is 3. The Morgan fingerprint density at radius 3 is 2.67 bits per heavy atom. The van der Waals surface area contributed by atoms with Crippen LogP contribution in [0.1, 0.15) is 5.56 Å². The smallest absolute Gasteiger partial charge is 0.330 e. The summed E-state index contributed by atoms with van der Waals surface area (Å²) in [6.07, 6.45) is 3.11. The fourth-order valence-electron chi connectivity index (χ4n) is 2.02. The van der Waals surface area contributed by atoms with E-state index >= 15 is 0 Å². The van der Waals surface area contributed by atoms with Gasteiger partial charge in [0.05, 0.1) is 20.3 Å². The summed E-state index contributed by atoms with van der Waals surface area (Å²) < 4.78 is 15.6. The van der Waals surface area contributed by atoms with Gasteiger partial charge in [0.2, 0.25) is 0 Å². The van der Waals surface area contributed by atoms with Gasteiger partial charge in [-0.25, -0.2) is 4.79 Å². The molecule has 1 aliphatic rings. The fraction of sp³-hybridized carbons (Fsp3) is 0.438. The highest BCUT2D eigenvalue weighted by atomic mass is 16.5. The van der Waals surface area contributed by atoms with Gasteiger partial charge in [0, 0.05) is 25.7 Å². The average Bonchev–Trinajstić information content (AvgIpc) is 2.55. The second kappa shape index (κ2) is 8.44. The lowest BCUT2D eigenvalue weighted by Gasteiger charge is -2.26. The zero-order chi connectivity index (χ0) is 14.9. The molecule has 1 saturated heterocycles. The highest BCUT2D eigenvalue weighted by molar-refractivity contribution is 5.86. The number of methoxy groups -OCH3 is 1. The quantitative estimate of drug-likeness (QED) is 0.588. The van der Waals surface area contributed by atoms with Crippen LogP contribution in [0.3, 0.4) is 0 Å². The molecule has 1 heterocycles. The molecule has 0 bridgehead atoms. The van der Waals surface area contributed by atoms with E-state index in [4.69, 9.17) is 9.47 Å². The Labute approximate surface area is 125 Å². The number of esters is 1. The number of hydrogen-bond acceptors (Lipinski definition) is 5. The summed E-state index contributed by atoms with van der Waals surface area (Å²) in [4.78, 5) is 13.3. The first-order valence-electron chi connectivity index (χ1n) is 7.07. The number of carbonyl (C=O) groups is 1. The summed E-state index contributed by atoms with van der Waals surface area (Å²) in [6, 6.07) is 7.61. The Morgan fingerprint density at radius 2 is 2.00 bits per heavy atom. The lowest BCUT2D eigenvalue weighted by molar-refractivity contribution is -0.134. The van der Waals surface area contributed by atoms with E-state index in [1.807, 2.05) is 24.3 Å². The van der Waals surface area contributed by atoms with Crippen molar-refractivity contribution in [2.75, 3.05) is 46.6 Å². The van der Waals surface area contributed by atoms with Crippen LogP contribution in [0.2, 0.25) is 0 Å². The molecule has 0 amide bonds. The average molecular weight is 291 g/mol. The molecule has 0 saturated carbocycles. The molecule has 0 aromatic heterocycles. The van der Waals surface area contributed by atoms with Gasteiger partial charge in [-0.15, -0.1) is 0 Å². The maximum absolute atomic E-state index is 11.0. The number of nitrogens with zero attached hydrogens (tertiary/aromatic N) is 1. The van der Waals surface area contributed by atoms with Crippen LogP contribution in [0.15, 0.2) is 30.3 Å². The molecule has 0 radical (unpaired) electrons. The van der Waals surface area contributed by atoms with Crippen LogP contribution in [-0.2, 0) is 14.3 Å². The Bertz CT molecular complexity index is 464. The maximum Gasteiger partial charge on any atom is 0.330 e. The van der Waals surface area contributed by atoms with E-state index in [0.29, 0.717) is 6.61 Å². The molecular weight excluding hydrogens is 270 g/mol. The standard InChI is InChI=1S/C16H21NO4/c1-19-16(18)7-4-14-2-5-15(6-3-14)21-13-10-17-8-11-20-12-9-17/h2-7H,8-13H2,1H3/b7-4+. The molecule has 114 valence electrons. The number of carbonyl (C=O) groups excluding carboxylic acids is 1. The summed E-state index contributed by atoms with van der Waals surface area (Å²) in [5, 5.41) is 0. The van der Waals surface area contributed by atoms with Crippen LogP contribution in [0.5, 0.6) is 5.75 Å². The molecule has 0 unspecified atom stereocenters. The Morgan fingerprint density at radius 1 is 1.29 bits per heavy atom. The fourth-order valence-corrected chi connectivity index (χ4v) is 2.02. The predicted molar refractivity (Wildman–Crippen MR) is 80.2 cm³/mol. The maximum atomic E-state index is 11.0. The third-order valence-corrected chi connectivity index (χ3v) is 3.27. The highest BCUT2D eigenvalue weighted by Gasteiger charge is 2.09. The topological polar surface area (TPSA) is 48.0 Å². The van der Waals surface area contributed by atoms with E-state index in [1.165, 1.54) is 13.2 Å². The van der Waals surface area contributed by atoms with Crippen molar-refractivity contribution in [3.63, 3.8) is 0 Å². The summed E-state index contributed by atoms with van der Waals surface area (Å²) in [5.74, 6) is 0.472. The minimum atomic E-state index is -0.360. The van der Waals surface area contributed by atoms with E-state index in [0.717, 1.165) is 44.2 Å². The molecule has 0 N–H and O–H groups in total. The number of benzene rings is 1. The zero-order valence-corrected chi connectivity index (χ0v) is 12.3. The van der Waals surface area contributed by atoms with Crippen LogP contribution in [-0.4, -0.2) is 57.4 Å². The van der Waals surface area contributed by atoms with E-state index in [2.05, 4.69) is 9.64 Å². The molecule has 0 atom stereocenters. The monoisotopic (exact) mass is 291 g/mol. The molecule has 1 aromatic carbocycles. The van der Waals surface area contributed by atoms with Gasteiger partial charge in [-0.1, -0.05) is 12.1 Å². The van der Waals surface area contributed by atoms with Crippen molar-refractivity contribution < 1.29 is 19.0 Å². The molecule has 0 spiro atoms. The van der Waals surface area contributed by atoms with E-state index in [-0.39, 0.29) is 5.97 Å². The second-order valence-corrected chi connectivity index (χ2v) is 4.73. The third kappa shape index (κ3) is 5.57. The van der Waals surface area contributed by atoms with Crippen molar-refractivity contribution in [1.82, 2.24) is 4.90 Å². The van der Waals surface area contributed by atoms with Crippen molar-refractivity contribution in [3.05, 3.63) is 35.9 Å². The highest BCUT2D eigenvalue weighted by Crippen LogP contribution is 2.13. The summed E-state index contributed by atoms with van der Waals surface area (Å²) >= 11 is 0. The molecule has 2 rings (SSSR count). The minimum absolute atomic E-state index is 0.360. The van der Waals surface area contributed by atoms with Crippen molar-refractivity contribution in [2.24, 2.45) is 0 Å². The predicted octanol–water partition coefficient (Wildman–Crippen LogP) is 1.58. The van der Waals surface area contributed by atoms with Crippen LogP contribution in [0.4, 0.5) is 0 Å². The normalized spacial score (nSPS) is 16.0. The van der Waals surface area contributed by atoms with Crippen LogP contribution >= 0.6 is 0 Å². The van der Waals surface area contributed by atoms with E-state index in [9.17, 15) is 4.79 Å². The van der Waals surface area contributed by atoms with Crippen LogP contribution in [0.25, 0.3) is 6.08 Å². The lowest BCUT2D eigenvalue weighted by Crippen LogP contribution is -2.38. The molecule has 0 aliphatic carbocycles. The number of hydrogen-bond donors (Lipinski definition) is 0. The van der Waals surface area contributed by atoms with E-state index < -0.39 is 0 Å². The summed E-state index contributed by atoms with van der Waals surface area (Å²) in [7, 11) is 1.36. The first-order valence-corrected chi connectivity index (χ1v) is 7.07. The minimum Gasteiger partial charge on any atom is -0.492 e. The van der Waals surface area contributed by atoms with Crippen molar-refractivity contribution in [1.29, 1.82) is 0 Å². The van der Waals surface area contributed by atoms with Crippen LogP contribution in [0, 0.1) is 0 Å². The third-order valence-electron chi connectivity index (χ3n) is 3.27. The zero-order valence-electron chi connectivity index (χ0n) is 12.3. The van der Waals surface area contributed by atoms with E-state index in [1.54, 1.807) is 6.08 Å². The summed E-state index contributed by atoms with van der Waals surface area (Å²) in [5.41, 5.74) is 0.931. The first kappa shape index (κ1) is 15.5. The Hall–Kier alpha value is -1.85. The molecule has 5 nitrogen and oxygen atoms in total. The Kier molecular flexibility index (Phi) is 6.24. The first-order chi connectivity index (χ1) is 10.3. The molecule has 1 fully saturated rings.